The topological polar surface area (TPSA) is 33.5 Å². The lowest BCUT2D eigenvalue weighted by Gasteiger charge is -2.32. The van der Waals surface area contributed by atoms with Crippen LogP contribution < -0.4 is 14.5 Å². The second kappa shape index (κ2) is 16.6. The Morgan fingerprint density at radius 2 is 1.06 bits per heavy atom. The van der Waals surface area contributed by atoms with Gasteiger partial charge in [-0.2, -0.15) is 0 Å². The summed E-state index contributed by atoms with van der Waals surface area (Å²) in [5, 5.41) is 2.42. The van der Waals surface area contributed by atoms with E-state index in [0.29, 0.717) is 6.67 Å². The minimum Gasteiger partial charge on any atom is -0.457 e. The van der Waals surface area contributed by atoms with Crippen molar-refractivity contribution in [3.63, 3.8) is 0 Å². The summed E-state index contributed by atoms with van der Waals surface area (Å²) in [5.74, 6) is 2.46. The molecule has 0 spiro atoms. The van der Waals surface area contributed by atoms with Crippen LogP contribution >= 0.6 is 0 Å². The maximum absolute atomic E-state index is 7.28. The van der Waals surface area contributed by atoms with E-state index in [0.717, 1.165) is 34.0 Å². The Morgan fingerprint density at radius 1 is 0.463 bits per heavy atom. The average Bonchev–Trinajstić information content (AvgIpc) is 3.90. The van der Waals surface area contributed by atoms with Crippen LogP contribution in [0.25, 0.3) is 27.6 Å². The molecular weight excluding hydrogens is 817 g/mol. The first-order valence-electron chi connectivity index (χ1n) is 24.0. The van der Waals surface area contributed by atoms with Gasteiger partial charge in [0.1, 0.15) is 17.3 Å². The SMILES string of the molecule is CC(C)(C)C1=CN(c2cc(Oc3cc(C(C)(C)C)c4c5ccccc5n(-c5cc(C(C)(C)c6ccccc6)ccn5)c4c3)cc(C(C)(C)c3ccccc3)c2)CN1c1cccc(C(C)(C)C)c1. The van der Waals surface area contributed by atoms with Gasteiger partial charge in [0.2, 0.25) is 0 Å². The van der Waals surface area contributed by atoms with E-state index >= 15 is 0 Å². The molecule has 0 saturated heterocycles. The number of pyridine rings is 1. The molecule has 2 aromatic heterocycles. The molecule has 0 amide bonds. The standard InChI is InChI=1S/C62H68N4O/c1-58(2,3)44-27-22-28-47(33-44)65-41-64(40-55(65)60(7,8)9)48-34-46(62(12,13)43-25-18-15-19-26-43)35-49(37-48)67-50-38-52(59(4,5)6)57-51-29-20-21-30-53(51)66(54(57)39-50)56-36-45(31-32-63-56)61(10,11)42-23-16-14-17-24-42/h14-40H,41H2,1-13H3. The van der Waals surface area contributed by atoms with Gasteiger partial charge in [-0.05, 0) is 92.7 Å². The molecule has 1 aliphatic heterocycles. The first kappa shape index (κ1) is 45.6. The molecule has 9 rings (SSSR count). The fourth-order valence-corrected chi connectivity index (χ4v) is 9.85. The van der Waals surface area contributed by atoms with Gasteiger partial charge in [-0.25, -0.2) is 4.98 Å². The lowest BCUT2D eigenvalue weighted by molar-refractivity contribution is 0.477. The molecule has 342 valence electrons. The summed E-state index contributed by atoms with van der Waals surface area (Å²) >= 11 is 0. The fraction of sp³-hybridized carbons (Fsp3) is 0.306. The first-order valence-corrected chi connectivity index (χ1v) is 24.0. The number of nitrogens with zero attached hydrogens (tertiary/aromatic N) is 4. The zero-order valence-electron chi connectivity index (χ0n) is 42.0. The quantitative estimate of drug-likeness (QED) is 0.145. The maximum atomic E-state index is 7.28. The number of fused-ring (bicyclic) bond motifs is 3. The Morgan fingerprint density at radius 3 is 1.70 bits per heavy atom. The highest BCUT2D eigenvalue weighted by Crippen LogP contribution is 2.46. The first-order chi connectivity index (χ1) is 31.6. The van der Waals surface area contributed by atoms with Crippen molar-refractivity contribution in [2.24, 2.45) is 5.41 Å². The molecule has 3 heterocycles. The zero-order valence-corrected chi connectivity index (χ0v) is 42.0. The van der Waals surface area contributed by atoms with Crippen LogP contribution in [0, 0.1) is 5.41 Å². The average molecular weight is 885 g/mol. The highest BCUT2D eigenvalue weighted by atomic mass is 16.5. The van der Waals surface area contributed by atoms with Gasteiger partial charge >= 0.3 is 0 Å². The smallest absolute Gasteiger partial charge is 0.137 e. The van der Waals surface area contributed by atoms with E-state index in [1.165, 1.54) is 55.5 Å². The maximum Gasteiger partial charge on any atom is 0.137 e. The molecule has 0 bridgehead atoms. The number of anilines is 2. The number of benzene rings is 6. The van der Waals surface area contributed by atoms with Gasteiger partial charge < -0.3 is 14.5 Å². The minimum atomic E-state index is -0.316. The second-order valence-corrected chi connectivity index (χ2v) is 22.8. The summed E-state index contributed by atoms with van der Waals surface area (Å²) in [4.78, 5) is 9.98. The number of hydrogen-bond donors (Lipinski definition) is 0. The van der Waals surface area contributed by atoms with Crippen LogP contribution in [0.2, 0.25) is 0 Å². The van der Waals surface area contributed by atoms with Crippen LogP contribution in [0.4, 0.5) is 11.4 Å². The van der Waals surface area contributed by atoms with Gasteiger partial charge in [0, 0.05) is 68.6 Å². The van der Waals surface area contributed by atoms with E-state index in [4.69, 9.17) is 9.72 Å². The Balaban J connectivity index is 1.21. The molecule has 0 aliphatic carbocycles. The molecule has 0 atom stereocenters. The summed E-state index contributed by atoms with van der Waals surface area (Å²) < 4.78 is 9.62. The van der Waals surface area contributed by atoms with Crippen LogP contribution in [0.3, 0.4) is 0 Å². The van der Waals surface area contributed by atoms with Crippen LogP contribution in [0.5, 0.6) is 11.5 Å². The molecule has 8 aromatic rings. The molecule has 0 saturated carbocycles. The van der Waals surface area contributed by atoms with Crippen LogP contribution in [0.15, 0.2) is 170 Å². The third-order valence-electron chi connectivity index (χ3n) is 14.1. The molecule has 0 N–H and O–H groups in total. The molecule has 67 heavy (non-hydrogen) atoms. The number of rotatable bonds is 9. The van der Waals surface area contributed by atoms with Gasteiger partial charge in [-0.3, -0.25) is 4.57 Å². The molecule has 5 nitrogen and oxygen atoms in total. The molecule has 0 radical (unpaired) electrons. The largest absolute Gasteiger partial charge is 0.457 e. The van der Waals surface area contributed by atoms with Gasteiger partial charge in [0.05, 0.1) is 17.7 Å². The number of para-hydroxylation sites is 1. The fourth-order valence-electron chi connectivity index (χ4n) is 9.85. The van der Waals surface area contributed by atoms with E-state index in [1.807, 2.05) is 6.20 Å². The summed E-state index contributed by atoms with van der Waals surface area (Å²) in [7, 11) is 0. The van der Waals surface area contributed by atoms with Gasteiger partial charge in [0.25, 0.3) is 0 Å². The van der Waals surface area contributed by atoms with Crippen molar-refractivity contribution >= 4 is 33.2 Å². The van der Waals surface area contributed by atoms with Crippen molar-refractivity contribution in [2.75, 3.05) is 16.5 Å². The monoisotopic (exact) mass is 885 g/mol. The zero-order chi connectivity index (χ0) is 47.7. The van der Waals surface area contributed by atoms with Gasteiger partial charge in [-0.1, -0.05) is 181 Å². The molecule has 0 fully saturated rings. The Hall–Kier alpha value is -6.59. The third kappa shape index (κ3) is 8.66. The van der Waals surface area contributed by atoms with Crippen molar-refractivity contribution in [2.45, 2.75) is 112 Å². The predicted molar refractivity (Wildman–Crippen MR) is 283 cm³/mol. The molecule has 0 unspecified atom stereocenters. The Bertz CT molecular complexity index is 3130. The number of aromatic nitrogens is 2. The van der Waals surface area contributed by atoms with E-state index in [1.54, 1.807) is 0 Å². The van der Waals surface area contributed by atoms with E-state index in [-0.39, 0.29) is 27.1 Å². The summed E-state index contributed by atoms with van der Waals surface area (Å²) in [6.45, 7) is 30.6. The second-order valence-electron chi connectivity index (χ2n) is 22.8. The third-order valence-corrected chi connectivity index (χ3v) is 14.1. The normalized spacial score (nSPS) is 14.0. The summed E-state index contributed by atoms with van der Waals surface area (Å²) in [6.07, 6.45) is 4.31. The highest BCUT2D eigenvalue weighted by molar-refractivity contribution is 6.11. The van der Waals surface area contributed by atoms with E-state index in [2.05, 4.69) is 262 Å². The van der Waals surface area contributed by atoms with Crippen molar-refractivity contribution in [1.82, 2.24) is 9.55 Å². The van der Waals surface area contributed by atoms with Crippen molar-refractivity contribution < 1.29 is 4.74 Å². The van der Waals surface area contributed by atoms with Crippen LogP contribution in [-0.4, -0.2) is 16.2 Å². The molecule has 6 aromatic carbocycles. The van der Waals surface area contributed by atoms with Crippen molar-refractivity contribution in [3.05, 3.63) is 203 Å². The molecular formula is C62H68N4O. The highest BCUT2D eigenvalue weighted by Gasteiger charge is 2.34. The van der Waals surface area contributed by atoms with Crippen molar-refractivity contribution in [1.29, 1.82) is 0 Å². The van der Waals surface area contributed by atoms with Gasteiger partial charge in [0.15, 0.2) is 0 Å². The predicted octanol–water partition coefficient (Wildman–Crippen LogP) is 16.4. The van der Waals surface area contributed by atoms with Crippen molar-refractivity contribution in [3.8, 4) is 17.3 Å². The summed E-state index contributed by atoms with van der Waals surface area (Å²) in [6, 6.07) is 55.2. The Kier molecular flexibility index (Phi) is 11.3. The number of hydrogen-bond acceptors (Lipinski definition) is 4. The summed E-state index contributed by atoms with van der Waals surface area (Å²) in [5.41, 5.74) is 12.4. The molecule has 1 aliphatic rings. The number of ether oxygens (including phenoxy) is 1. The van der Waals surface area contributed by atoms with E-state index < -0.39 is 0 Å². The Labute approximate surface area is 399 Å². The van der Waals surface area contributed by atoms with Gasteiger partial charge in [-0.15, -0.1) is 0 Å². The van der Waals surface area contributed by atoms with E-state index in [9.17, 15) is 0 Å². The lowest BCUT2D eigenvalue weighted by atomic mass is 9.78. The number of allylic oxidation sites excluding steroid dienone is 1. The lowest BCUT2D eigenvalue weighted by Crippen LogP contribution is -2.31. The molecule has 5 heteroatoms. The minimum absolute atomic E-state index is 0.0364. The van der Waals surface area contributed by atoms with Crippen LogP contribution in [-0.2, 0) is 21.7 Å². The van der Waals surface area contributed by atoms with Crippen LogP contribution in [0.1, 0.15) is 123 Å².